The van der Waals surface area contributed by atoms with E-state index < -0.39 is 0 Å². The standard InChI is InChI=1S/C5H11N.CH2N2/c1-2-4-6-5-3-1;2-1-3/h6H,1-5H2;2H2. The van der Waals surface area contributed by atoms with Crippen LogP contribution in [0.4, 0.5) is 0 Å². The number of nitrogens with one attached hydrogen (secondary N) is 1. The molecule has 0 amide bonds. The minimum Gasteiger partial charge on any atom is -0.337 e. The molecule has 1 heterocycles. The van der Waals surface area contributed by atoms with Crippen molar-refractivity contribution in [3.63, 3.8) is 0 Å². The second kappa shape index (κ2) is 7.25. The molecule has 0 aromatic rings. The van der Waals surface area contributed by atoms with E-state index in [1.165, 1.54) is 38.5 Å². The highest BCUT2D eigenvalue weighted by molar-refractivity contribution is 4.55. The minimum absolute atomic E-state index is 1.25. The Kier molecular flexibility index (Phi) is 6.65. The molecule has 0 saturated carbocycles. The third kappa shape index (κ3) is 7.25. The molecular formula is C6H13N3. The average molecular weight is 127 g/mol. The first-order valence-corrected chi connectivity index (χ1v) is 3.22. The molecule has 1 rings (SSSR count). The Morgan fingerprint density at radius 1 is 1.22 bits per heavy atom. The lowest BCUT2D eigenvalue weighted by atomic mass is 10.2. The van der Waals surface area contributed by atoms with E-state index in [0.29, 0.717) is 0 Å². The molecule has 0 aromatic heterocycles. The van der Waals surface area contributed by atoms with Gasteiger partial charge in [-0.05, 0) is 25.9 Å². The molecule has 0 spiro atoms. The summed E-state index contributed by atoms with van der Waals surface area (Å²) in [6.45, 7) is 2.50. The Morgan fingerprint density at radius 2 is 1.67 bits per heavy atom. The summed E-state index contributed by atoms with van der Waals surface area (Å²) in [6.07, 6.45) is 5.47. The van der Waals surface area contributed by atoms with Gasteiger partial charge in [-0.3, -0.25) is 0 Å². The number of nitrogens with two attached hydrogens (primary N) is 1. The van der Waals surface area contributed by atoms with Crippen molar-refractivity contribution in [2.45, 2.75) is 19.3 Å². The zero-order chi connectivity index (χ0) is 6.95. The van der Waals surface area contributed by atoms with Gasteiger partial charge >= 0.3 is 0 Å². The molecule has 9 heavy (non-hydrogen) atoms. The third-order valence-corrected chi connectivity index (χ3v) is 1.21. The van der Waals surface area contributed by atoms with E-state index >= 15 is 0 Å². The van der Waals surface area contributed by atoms with Crippen LogP contribution in [0.1, 0.15) is 19.3 Å². The van der Waals surface area contributed by atoms with Crippen LogP contribution in [-0.2, 0) is 0 Å². The molecule has 52 valence electrons. The molecule has 1 aliphatic rings. The van der Waals surface area contributed by atoms with Crippen LogP contribution < -0.4 is 11.1 Å². The highest BCUT2D eigenvalue weighted by Crippen LogP contribution is 1.96. The van der Waals surface area contributed by atoms with Crippen molar-refractivity contribution in [3.8, 4) is 6.19 Å². The lowest BCUT2D eigenvalue weighted by molar-refractivity contribution is 0.520. The molecule has 3 nitrogen and oxygen atoms in total. The molecule has 1 saturated heterocycles. The zero-order valence-corrected chi connectivity index (χ0v) is 5.56. The highest BCUT2D eigenvalue weighted by atomic mass is 14.9. The van der Waals surface area contributed by atoms with Gasteiger partial charge in [-0.1, -0.05) is 6.42 Å². The van der Waals surface area contributed by atoms with Crippen LogP contribution >= 0.6 is 0 Å². The summed E-state index contributed by atoms with van der Waals surface area (Å²) in [5, 5.41) is 10.4. The molecular weight excluding hydrogens is 114 g/mol. The quantitative estimate of drug-likeness (QED) is 0.360. The number of rotatable bonds is 0. The maximum absolute atomic E-state index is 7.10. The van der Waals surface area contributed by atoms with Gasteiger partial charge in [0.2, 0.25) is 0 Å². The highest BCUT2D eigenvalue weighted by Gasteiger charge is 1.93. The van der Waals surface area contributed by atoms with Gasteiger partial charge in [0.25, 0.3) is 0 Å². The lowest BCUT2D eigenvalue weighted by Crippen LogP contribution is -2.21. The third-order valence-electron chi connectivity index (χ3n) is 1.21. The summed E-state index contributed by atoms with van der Waals surface area (Å²) < 4.78 is 0. The van der Waals surface area contributed by atoms with Crippen LogP contribution in [0.5, 0.6) is 0 Å². The SMILES string of the molecule is C1CCNCC1.N#CN. The van der Waals surface area contributed by atoms with E-state index in [-0.39, 0.29) is 0 Å². The van der Waals surface area contributed by atoms with Gasteiger partial charge in [0, 0.05) is 0 Å². The van der Waals surface area contributed by atoms with Gasteiger partial charge in [0.1, 0.15) is 0 Å². The number of hydrogen-bond donors (Lipinski definition) is 2. The second-order valence-corrected chi connectivity index (χ2v) is 1.94. The fourth-order valence-corrected chi connectivity index (χ4v) is 0.802. The van der Waals surface area contributed by atoms with Crippen LogP contribution in [0.15, 0.2) is 0 Å². The van der Waals surface area contributed by atoms with Gasteiger partial charge in [-0.25, -0.2) is 0 Å². The number of nitriles is 1. The van der Waals surface area contributed by atoms with E-state index in [1.807, 2.05) is 0 Å². The van der Waals surface area contributed by atoms with Gasteiger partial charge in [-0.2, -0.15) is 5.26 Å². The molecule has 0 unspecified atom stereocenters. The van der Waals surface area contributed by atoms with Gasteiger partial charge in [-0.15, -0.1) is 0 Å². The maximum atomic E-state index is 7.10. The average Bonchev–Trinajstić information content (AvgIpc) is 1.93. The summed E-state index contributed by atoms with van der Waals surface area (Å²) in [7, 11) is 0. The van der Waals surface area contributed by atoms with Crippen molar-refractivity contribution < 1.29 is 0 Å². The first kappa shape index (κ1) is 8.25. The first-order chi connectivity index (χ1) is 4.41. The second-order valence-electron chi connectivity index (χ2n) is 1.94. The molecule has 0 atom stereocenters. The molecule has 1 aliphatic heterocycles. The molecule has 0 bridgehead atoms. The smallest absolute Gasteiger partial charge is 0.173 e. The maximum Gasteiger partial charge on any atom is 0.173 e. The normalized spacial score (nSPS) is 16.8. The monoisotopic (exact) mass is 127 g/mol. The van der Waals surface area contributed by atoms with Crippen LogP contribution in [0.2, 0.25) is 0 Å². The fourth-order valence-electron chi connectivity index (χ4n) is 0.802. The Balaban J connectivity index is 0.000000187. The van der Waals surface area contributed by atoms with E-state index in [4.69, 9.17) is 5.26 Å². The van der Waals surface area contributed by atoms with Crippen molar-refractivity contribution in [2.75, 3.05) is 13.1 Å². The molecule has 3 heteroatoms. The molecule has 1 fully saturated rings. The summed E-state index contributed by atoms with van der Waals surface area (Å²) in [4.78, 5) is 0. The van der Waals surface area contributed by atoms with E-state index in [9.17, 15) is 0 Å². The van der Waals surface area contributed by atoms with Crippen molar-refractivity contribution in [3.05, 3.63) is 0 Å². The number of nitrogens with zero attached hydrogens (tertiary/aromatic N) is 1. The zero-order valence-electron chi connectivity index (χ0n) is 5.56. The summed E-state index contributed by atoms with van der Waals surface area (Å²) in [6, 6.07) is 0. The van der Waals surface area contributed by atoms with Crippen LogP contribution in [0.25, 0.3) is 0 Å². The number of piperidine rings is 1. The molecule has 0 radical (unpaired) electrons. The van der Waals surface area contributed by atoms with E-state index in [1.54, 1.807) is 0 Å². The van der Waals surface area contributed by atoms with Gasteiger partial charge in [0.05, 0.1) is 0 Å². The Bertz CT molecular complexity index is 69.3. The minimum atomic E-state index is 1.25. The summed E-state index contributed by atoms with van der Waals surface area (Å²) in [5.74, 6) is 0. The van der Waals surface area contributed by atoms with Gasteiger partial charge in [0.15, 0.2) is 6.19 Å². The fraction of sp³-hybridized carbons (Fsp3) is 0.833. The topological polar surface area (TPSA) is 61.8 Å². The van der Waals surface area contributed by atoms with Crippen LogP contribution in [0, 0.1) is 11.5 Å². The Morgan fingerprint density at radius 3 is 1.78 bits per heavy atom. The predicted molar refractivity (Wildman–Crippen MR) is 36.5 cm³/mol. The molecule has 0 aliphatic carbocycles. The Hall–Kier alpha value is -0.750. The van der Waals surface area contributed by atoms with Gasteiger partial charge < -0.3 is 11.1 Å². The predicted octanol–water partition coefficient (Wildman–Crippen LogP) is 0.186. The lowest BCUT2D eigenvalue weighted by Gasteiger charge is -2.08. The summed E-state index contributed by atoms with van der Waals surface area (Å²) in [5.41, 5.74) is 4.15. The van der Waals surface area contributed by atoms with Crippen molar-refractivity contribution in [1.29, 1.82) is 5.26 Å². The van der Waals surface area contributed by atoms with E-state index in [2.05, 4.69) is 11.1 Å². The van der Waals surface area contributed by atoms with Crippen molar-refractivity contribution in [2.24, 2.45) is 5.73 Å². The van der Waals surface area contributed by atoms with E-state index in [0.717, 1.165) is 0 Å². The largest absolute Gasteiger partial charge is 0.337 e. The van der Waals surface area contributed by atoms with Crippen LogP contribution in [-0.4, -0.2) is 13.1 Å². The first-order valence-electron chi connectivity index (χ1n) is 3.22. The van der Waals surface area contributed by atoms with Crippen molar-refractivity contribution >= 4 is 0 Å². The number of hydrogen-bond acceptors (Lipinski definition) is 3. The molecule has 3 N–H and O–H groups in total. The summed E-state index contributed by atoms with van der Waals surface area (Å²) >= 11 is 0. The Labute approximate surface area is 55.8 Å². The van der Waals surface area contributed by atoms with Crippen molar-refractivity contribution in [1.82, 2.24) is 5.32 Å². The van der Waals surface area contributed by atoms with Crippen LogP contribution in [0.3, 0.4) is 0 Å². The molecule has 0 aromatic carbocycles.